The lowest BCUT2D eigenvalue weighted by molar-refractivity contribution is 0.282. The van der Waals surface area contributed by atoms with Gasteiger partial charge < -0.3 is 10.2 Å². The quantitative estimate of drug-likeness (QED) is 0.840. The van der Waals surface area contributed by atoms with Gasteiger partial charge in [-0.2, -0.15) is 0 Å². The second-order valence-corrected chi connectivity index (χ2v) is 6.75. The molecule has 1 atom stereocenters. The summed E-state index contributed by atoms with van der Waals surface area (Å²) >= 11 is 9.50. The van der Waals surface area contributed by atoms with Gasteiger partial charge in [0.05, 0.1) is 5.02 Å². The van der Waals surface area contributed by atoms with Gasteiger partial charge in [-0.15, -0.1) is 0 Å². The van der Waals surface area contributed by atoms with Gasteiger partial charge in [-0.05, 0) is 72.0 Å². The van der Waals surface area contributed by atoms with Crippen LogP contribution in [0.4, 0.5) is 0 Å². The van der Waals surface area contributed by atoms with Crippen LogP contribution in [-0.2, 0) is 6.54 Å². The highest BCUT2D eigenvalue weighted by atomic mass is 79.9. The molecule has 1 aliphatic rings. The Hall–Kier alpha value is -0.0900. The van der Waals surface area contributed by atoms with Gasteiger partial charge in [-0.3, -0.25) is 0 Å². The maximum Gasteiger partial charge on any atom is 0.0551 e. The molecule has 1 fully saturated rings. The molecular formula is C15H22BrClN2. The molecule has 1 aromatic rings. The Bertz CT molecular complexity index is 405. The molecule has 1 unspecified atom stereocenters. The molecule has 2 nitrogen and oxygen atoms in total. The largest absolute Gasteiger partial charge is 0.312 e. The first-order valence-corrected chi connectivity index (χ1v) is 8.19. The van der Waals surface area contributed by atoms with E-state index in [1.54, 1.807) is 0 Å². The van der Waals surface area contributed by atoms with Gasteiger partial charge >= 0.3 is 0 Å². The first-order chi connectivity index (χ1) is 9.15. The van der Waals surface area contributed by atoms with Crippen molar-refractivity contribution >= 4 is 27.5 Å². The Morgan fingerprint density at radius 1 is 1.37 bits per heavy atom. The van der Waals surface area contributed by atoms with E-state index in [4.69, 9.17) is 11.6 Å². The van der Waals surface area contributed by atoms with Crippen LogP contribution in [-0.4, -0.2) is 31.1 Å². The number of likely N-dealkylation sites (tertiary alicyclic amines) is 1. The molecule has 1 N–H and O–H groups in total. The summed E-state index contributed by atoms with van der Waals surface area (Å²) in [6, 6.07) is 6.13. The van der Waals surface area contributed by atoms with Gasteiger partial charge in [0.2, 0.25) is 0 Å². The van der Waals surface area contributed by atoms with Crippen LogP contribution in [0, 0.1) is 5.92 Å². The maximum absolute atomic E-state index is 6.09. The standard InChI is InChI=1S/C15H22BrClN2/c1-12(11-19-6-2-3-7-19)9-18-10-13-4-5-14(16)15(17)8-13/h4-5,8,12,18H,2-3,6-7,9-11H2,1H3. The first kappa shape index (κ1) is 15.3. The van der Waals surface area contributed by atoms with E-state index in [-0.39, 0.29) is 0 Å². The molecule has 0 aromatic heterocycles. The summed E-state index contributed by atoms with van der Waals surface area (Å²) in [6.45, 7) is 8.05. The molecule has 0 saturated carbocycles. The molecule has 0 radical (unpaired) electrons. The topological polar surface area (TPSA) is 15.3 Å². The molecule has 1 heterocycles. The van der Waals surface area contributed by atoms with Crippen LogP contribution in [0.2, 0.25) is 5.02 Å². The number of benzene rings is 1. The molecule has 1 aromatic carbocycles. The molecule has 0 spiro atoms. The first-order valence-electron chi connectivity index (χ1n) is 7.02. The number of hydrogen-bond acceptors (Lipinski definition) is 2. The average Bonchev–Trinajstić information content (AvgIpc) is 2.86. The van der Waals surface area contributed by atoms with Crippen LogP contribution in [0.5, 0.6) is 0 Å². The normalized spacial score (nSPS) is 17.8. The number of nitrogens with zero attached hydrogens (tertiary/aromatic N) is 1. The van der Waals surface area contributed by atoms with E-state index in [0.29, 0.717) is 5.92 Å². The van der Waals surface area contributed by atoms with Gasteiger partial charge in [-0.25, -0.2) is 0 Å². The molecule has 2 rings (SSSR count). The number of hydrogen-bond donors (Lipinski definition) is 1. The molecule has 0 aliphatic carbocycles. The summed E-state index contributed by atoms with van der Waals surface area (Å²) in [5.41, 5.74) is 1.24. The zero-order valence-electron chi connectivity index (χ0n) is 11.5. The molecule has 19 heavy (non-hydrogen) atoms. The molecule has 1 saturated heterocycles. The number of nitrogens with one attached hydrogen (secondary N) is 1. The Morgan fingerprint density at radius 2 is 2.11 bits per heavy atom. The van der Waals surface area contributed by atoms with E-state index in [1.165, 1.54) is 38.0 Å². The Labute approximate surface area is 129 Å². The van der Waals surface area contributed by atoms with E-state index >= 15 is 0 Å². The van der Waals surface area contributed by atoms with Crippen molar-refractivity contribution in [2.75, 3.05) is 26.2 Å². The minimum atomic E-state index is 0.698. The van der Waals surface area contributed by atoms with Crippen LogP contribution < -0.4 is 5.32 Å². The SMILES string of the molecule is CC(CNCc1ccc(Br)c(Cl)c1)CN1CCCC1. The molecule has 0 bridgehead atoms. The van der Waals surface area contributed by atoms with E-state index in [0.717, 1.165) is 22.6 Å². The predicted molar refractivity (Wildman–Crippen MR) is 85.7 cm³/mol. The third kappa shape index (κ3) is 5.07. The average molecular weight is 346 g/mol. The van der Waals surface area contributed by atoms with Crippen molar-refractivity contribution in [3.63, 3.8) is 0 Å². The predicted octanol–water partition coefficient (Wildman–Crippen LogP) is 3.92. The third-order valence-electron chi connectivity index (χ3n) is 3.57. The van der Waals surface area contributed by atoms with Crippen molar-refractivity contribution in [3.8, 4) is 0 Å². The van der Waals surface area contributed by atoms with E-state index < -0.39 is 0 Å². The second-order valence-electron chi connectivity index (χ2n) is 5.49. The number of halogens is 2. The third-order valence-corrected chi connectivity index (χ3v) is 4.81. The fourth-order valence-corrected chi connectivity index (χ4v) is 3.03. The second kappa shape index (κ2) is 7.63. The van der Waals surface area contributed by atoms with Crippen molar-refractivity contribution in [2.24, 2.45) is 5.92 Å². The van der Waals surface area contributed by atoms with Crippen molar-refractivity contribution < 1.29 is 0 Å². The van der Waals surface area contributed by atoms with Gasteiger partial charge in [-0.1, -0.05) is 24.6 Å². The fraction of sp³-hybridized carbons (Fsp3) is 0.600. The Balaban J connectivity index is 1.68. The monoisotopic (exact) mass is 344 g/mol. The smallest absolute Gasteiger partial charge is 0.0551 e. The summed E-state index contributed by atoms with van der Waals surface area (Å²) in [5, 5.41) is 4.30. The lowest BCUT2D eigenvalue weighted by Gasteiger charge is -2.20. The minimum Gasteiger partial charge on any atom is -0.312 e. The summed E-state index contributed by atoms with van der Waals surface area (Å²) in [7, 11) is 0. The lowest BCUT2D eigenvalue weighted by atomic mass is 10.1. The van der Waals surface area contributed by atoms with Gasteiger partial charge in [0.15, 0.2) is 0 Å². The van der Waals surface area contributed by atoms with Gasteiger partial charge in [0.1, 0.15) is 0 Å². The minimum absolute atomic E-state index is 0.698. The van der Waals surface area contributed by atoms with Crippen molar-refractivity contribution in [1.29, 1.82) is 0 Å². The summed E-state index contributed by atoms with van der Waals surface area (Å²) in [4.78, 5) is 2.57. The van der Waals surface area contributed by atoms with Crippen LogP contribution in [0.1, 0.15) is 25.3 Å². The van der Waals surface area contributed by atoms with E-state index in [1.807, 2.05) is 12.1 Å². The summed E-state index contributed by atoms with van der Waals surface area (Å²) in [6.07, 6.45) is 2.75. The highest BCUT2D eigenvalue weighted by Gasteiger charge is 2.14. The zero-order chi connectivity index (χ0) is 13.7. The molecular weight excluding hydrogens is 324 g/mol. The molecule has 0 amide bonds. The highest BCUT2D eigenvalue weighted by Crippen LogP contribution is 2.23. The van der Waals surface area contributed by atoms with E-state index in [2.05, 4.69) is 39.1 Å². The summed E-state index contributed by atoms with van der Waals surface area (Å²) < 4.78 is 0.959. The van der Waals surface area contributed by atoms with Crippen molar-refractivity contribution in [1.82, 2.24) is 10.2 Å². The molecule has 4 heteroatoms. The van der Waals surface area contributed by atoms with Crippen LogP contribution in [0.15, 0.2) is 22.7 Å². The number of rotatable bonds is 6. The highest BCUT2D eigenvalue weighted by molar-refractivity contribution is 9.10. The Kier molecular flexibility index (Phi) is 6.14. The van der Waals surface area contributed by atoms with Crippen molar-refractivity contribution in [3.05, 3.63) is 33.3 Å². The fourth-order valence-electron chi connectivity index (χ4n) is 2.58. The van der Waals surface area contributed by atoms with Crippen LogP contribution in [0.25, 0.3) is 0 Å². The maximum atomic E-state index is 6.09. The van der Waals surface area contributed by atoms with E-state index in [9.17, 15) is 0 Å². The van der Waals surface area contributed by atoms with Gasteiger partial charge in [0.25, 0.3) is 0 Å². The lowest BCUT2D eigenvalue weighted by Crippen LogP contribution is -2.31. The van der Waals surface area contributed by atoms with Gasteiger partial charge in [0, 0.05) is 17.6 Å². The van der Waals surface area contributed by atoms with Crippen LogP contribution in [0.3, 0.4) is 0 Å². The van der Waals surface area contributed by atoms with Crippen molar-refractivity contribution in [2.45, 2.75) is 26.3 Å². The molecule has 1 aliphatic heterocycles. The molecule has 106 valence electrons. The van der Waals surface area contributed by atoms with Crippen LogP contribution >= 0.6 is 27.5 Å². The summed E-state index contributed by atoms with van der Waals surface area (Å²) in [5.74, 6) is 0.698. The zero-order valence-corrected chi connectivity index (χ0v) is 13.8. The Morgan fingerprint density at radius 3 is 2.79 bits per heavy atom.